The van der Waals surface area contributed by atoms with Crippen LogP contribution in [0, 0.1) is 4.77 Å². The van der Waals surface area contributed by atoms with Gasteiger partial charge in [0.05, 0.1) is 16.1 Å². The van der Waals surface area contributed by atoms with Gasteiger partial charge in [-0.05, 0) is 42.5 Å². The summed E-state index contributed by atoms with van der Waals surface area (Å²) in [6.45, 7) is 0. The van der Waals surface area contributed by atoms with Gasteiger partial charge in [0.25, 0.3) is 0 Å². The molecular formula is C13H8BrClN2S. The van der Waals surface area contributed by atoms with Gasteiger partial charge in [-0.1, -0.05) is 39.7 Å². The van der Waals surface area contributed by atoms with Gasteiger partial charge >= 0.3 is 0 Å². The number of H-pyrrole nitrogens is 1. The molecule has 0 saturated heterocycles. The molecule has 0 unspecified atom stereocenters. The summed E-state index contributed by atoms with van der Waals surface area (Å²) >= 11 is 15.0. The highest BCUT2D eigenvalue weighted by molar-refractivity contribution is 9.10. The van der Waals surface area contributed by atoms with Crippen LogP contribution in [0.2, 0.25) is 5.02 Å². The number of aromatic nitrogens is 2. The molecule has 0 radical (unpaired) electrons. The summed E-state index contributed by atoms with van der Waals surface area (Å²) < 4.78 is 3.62. The third-order valence-electron chi connectivity index (χ3n) is 2.73. The van der Waals surface area contributed by atoms with Crippen molar-refractivity contribution in [1.82, 2.24) is 9.55 Å². The second-order valence-electron chi connectivity index (χ2n) is 3.88. The standard InChI is InChI=1S/C13H8BrClN2S/c14-8-3-1-4-9(7-8)17-11-6-2-5-10(15)12(11)16-13(17)18/h1-7H,(H,16,18). The lowest BCUT2D eigenvalue weighted by Crippen LogP contribution is -1.93. The van der Waals surface area contributed by atoms with Crippen LogP contribution in [-0.2, 0) is 0 Å². The van der Waals surface area contributed by atoms with Crippen LogP contribution in [0.25, 0.3) is 16.7 Å². The maximum Gasteiger partial charge on any atom is 0.182 e. The van der Waals surface area contributed by atoms with Crippen molar-refractivity contribution in [2.24, 2.45) is 0 Å². The zero-order valence-corrected chi connectivity index (χ0v) is 12.3. The fraction of sp³-hybridized carbons (Fsp3) is 0. The fourth-order valence-electron chi connectivity index (χ4n) is 1.97. The SMILES string of the molecule is S=c1[nH]c2c(Cl)cccc2n1-c1cccc(Br)c1. The van der Waals surface area contributed by atoms with Gasteiger partial charge < -0.3 is 4.98 Å². The number of para-hydroxylation sites is 1. The lowest BCUT2D eigenvalue weighted by molar-refractivity contribution is 1.06. The van der Waals surface area contributed by atoms with E-state index in [1.165, 1.54) is 0 Å². The van der Waals surface area contributed by atoms with E-state index in [0.29, 0.717) is 9.79 Å². The quantitative estimate of drug-likeness (QED) is 0.611. The Morgan fingerprint density at radius 3 is 2.72 bits per heavy atom. The smallest absolute Gasteiger partial charge is 0.182 e. The van der Waals surface area contributed by atoms with Crippen LogP contribution in [0.4, 0.5) is 0 Å². The van der Waals surface area contributed by atoms with Crippen molar-refractivity contribution in [3.63, 3.8) is 0 Å². The van der Waals surface area contributed by atoms with Crippen molar-refractivity contribution in [2.45, 2.75) is 0 Å². The lowest BCUT2D eigenvalue weighted by Gasteiger charge is -2.05. The minimum Gasteiger partial charge on any atom is -0.329 e. The van der Waals surface area contributed by atoms with Gasteiger partial charge in [0.2, 0.25) is 0 Å². The lowest BCUT2D eigenvalue weighted by atomic mass is 10.3. The largest absolute Gasteiger partial charge is 0.329 e. The summed E-state index contributed by atoms with van der Waals surface area (Å²) in [7, 11) is 0. The maximum atomic E-state index is 6.16. The van der Waals surface area contributed by atoms with E-state index < -0.39 is 0 Å². The van der Waals surface area contributed by atoms with E-state index in [1.54, 1.807) is 0 Å². The number of imidazole rings is 1. The van der Waals surface area contributed by atoms with Crippen LogP contribution in [0.1, 0.15) is 0 Å². The van der Waals surface area contributed by atoms with E-state index in [-0.39, 0.29) is 0 Å². The first-order valence-electron chi connectivity index (χ1n) is 5.32. The van der Waals surface area contributed by atoms with E-state index in [4.69, 9.17) is 23.8 Å². The van der Waals surface area contributed by atoms with Crippen LogP contribution in [0.5, 0.6) is 0 Å². The highest BCUT2D eigenvalue weighted by atomic mass is 79.9. The molecule has 18 heavy (non-hydrogen) atoms. The molecule has 0 aliphatic heterocycles. The molecule has 1 aromatic heterocycles. The van der Waals surface area contributed by atoms with E-state index in [9.17, 15) is 0 Å². The number of rotatable bonds is 1. The van der Waals surface area contributed by atoms with Crippen LogP contribution < -0.4 is 0 Å². The second kappa shape index (κ2) is 4.53. The molecule has 3 rings (SSSR count). The highest BCUT2D eigenvalue weighted by Crippen LogP contribution is 2.26. The average molecular weight is 340 g/mol. The fourth-order valence-corrected chi connectivity index (χ4v) is 2.88. The highest BCUT2D eigenvalue weighted by Gasteiger charge is 2.08. The Labute approximate surface area is 122 Å². The minimum atomic E-state index is 0.635. The molecule has 0 fully saturated rings. The first kappa shape index (κ1) is 12.0. The number of halogens is 2. The maximum absolute atomic E-state index is 6.16. The summed E-state index contributed by atoms with van der Waals surface area (Å²) in [4.78, 5) is 3.14. The number of nitrogens with one attached hydrogen (secondary N) is 1. The molecule has 5 heteroatoms. The van der Waals surface area contributed by atoms with Gasteiger partial charge in [-0.15, -0.1) is 0 Å². The molecule has 1 N–H and O–H groups in total. The van der Waals surface area contributed by atoms with Crippen molar-refractivity contribution >= 4 is 50.8 Å². The predicted octanol–water partition coefficient (Wildman–Crippen LogP) is 5.10. The number of benzene rings is 2. The Kier molecular flexibility index (Phi) is 3.01. The third kappa shape index (κ3) is 1.90. The second-order valence-corrected chi connectivity index (χ2v) is 5.59. The van der Waals surface area contributed by atoms with Crippen LogP contribution in [0.15, 0.2) is 46.9 Å². The van der Waals surface area contributed by atoms with Crippen molar-refractivity contribution < 1.29 is 0 Å². The molecule has 3 aromatic rings. The molecule has 0 bridgehead atoms. The van der Waals surface area contributed by atoms with Crippen molar-refractivity contribution in [3.05, 3.63) is 56.7 Å². The van der Waals surface area contributed by atoms with E-state index in [1.807, 2.05) is 47.0 Å². The van der Waals surface area contributed by atoms with Crippen molar-refractivity contribution in [1.29, 1.82) is 0 Å². The summed E-state index contributed by atoms with van der Waals surface area (Å²) in [5, 5.41) is 0.673. The van der Waals surface area contributed by atoms with Gasteiger partial charge in [-0.2, -0.15) is 0 Å². The summed E-state index contributed by atoms with van der Waals surface area (Å²) in [6.07, 6.45) is 0. The molecule has 90 valence electrons. The number of hydrogen-bond donors (Lipinski definition) is 1. The topological polar surface area (TPSA) is 20.7 Å². The molecule has 0 aliphatic carbocycles. The first-order valence-corrected chi connectivity index (χ1v) is 6.90. The van der Waals surface area contributed by atoms with Crippen molar-refractivity contribution in [2.75, 3.05) is 0 Å². The number of nitrogens with zero attached hydrogens (tertiary/aromatic N) is 1. The molecule has 0 saturated carbocycles. The zero-order valence-electron chi connectivity index (χ0n) is 9.15. The first-order chi connectivity index (χ1) is 8.66. The molecule has 2 nitrogen and oxygen atoms in total. The summed E-state index contributed by atoms with van der Waals surface area (Å²) in [5.74, 6) is 0. The Morgan fingerprint density at radius 1 is 1.17 bits per heavy atom. The number of hydrogen-bond acceptors (Lipinski definition) is 1. The normalized spacial score (nSPS) is 11.0. The average Bonchev–Trinajstić information content (AvgIpc) is 2.67. The molecule has 0 atom stereocenters. The zero-order chi connectivity index (χ0) is 12.7. The molecule has 0 spiro atoms. The van der Waals surface area contributed by atoms with Crippen LogP contribution >= 0.6 is 39.7 Å². The van der Waals surface area contributed by atoms with Gasteiger partial charge in [0, 0.05) is 10.2 Å². The summed E-state index contributed by atoms with van der Waals surface area (Å²) in [6, 6.07) is 13.7. The Morgan fingerprint density at radius 2 is 1.94 bits per heavy atom. The Hall–Kier alpha value is -1.10. The van der Waals surface area contributed by atoms with Crippen LogP contribution in [0.3, 0.4) is 0 Å². The molecular weight excluding hydrogens is 332 g/mol. The molecule has 0 amide bonds. The van der Waals surface area contributed by atoms with Gasteiger partial charge in [-0.3, -0.25) is 4.57 Å². The van der Waals surface area contributed by atoms with Gasteiger partial charge in [0.1, 0.15) is 0 Å². The van der Waals surface area contributed by atoms with E-state index >= 15 is 0 Å². The van der Waals surface area contributed by atoms with Gasteiger partial charge in [-0.25, -0.2) is 0 Å². The Balaban J connectivity index is 2.39. The van der Waals surface area contributed by atoms with E-state index in [2.05, 4.69) is 20.9 Å². The van der Waals surface area contributed by atoms with Crippen LogP contribution in [-0.4, -0.2) is 9.55 Å². The van der Waals surface area contributed by atoms with Crippen molar-refractivity contribution in [3.8, 4) is 5.69 Å². The minimum absolute atomic E-state index is 0.635. The summed E-state index contributed by atoms with van der Waals surface area (Å²) in [5.41, 5.74) is 2.85. The van der Waals surface area contributed by atoms with E-state index in [0.717, 1.165) is 21.2 Å². The molecule has 2 aromatic carbocycles. The molecule has 1 heterocycles. The number of fused-ring (bicyclic) bond motifs is 1. The monoisotopic (exact) mass is 338 g/mol. The van der Waals surface area contributed by atoms with Gasteiger partial charge in [0.15, 0.2) is 4.77 Å². The predicted molar refractivity (Wildman–Crippen MR) is 81.2 cm³/mol. The third-order valence-corrected chi connectivity index (χ3v) is 3.83. The Bertz CT molecular complexity index is 791. The molecule has 0 aliphatic rings. The number of aromatic amines is 1.